The first-order chi connectivity index (χ1) is 7.15. The summed E-state index contributed by atoms with van der Waals surface area (Å²) in [4.78, 5) is 0. The number of halogens is 1. The molecule has 0 unspecified atom stereocenters. The Morgan fingerprint density at radius 2 is 1.93 bits per heavy atom. The fraction of sp³-hybridized carbons (Fsp3) is 0.538. The van der Waals surface area contributed by atoms with Crippen LogP contribution in [0.1, 0.15) is 32.3 Å². The van der Waals surface area contributed by atoms with E-state index in [0.717, 1.165) is 24.6 Å². The van der Waals surface area contributed by atoms with Crippen LogP contribution in [0.15, 0.2) is 24.3 Å². The molecule has 0 bridgehead atoms. The van der Waals surface area contributed by atoms with E-state index in [2.05, 4.69) is 35.8 Å². The van der Waals surface area contributed by atoms with Crippen LogP contribution in [-0.2, 0) is 6.42 Å². The number of benzene rings is 1. The summed E-state index contributed by atoms with van der Waals surface area (Å²) >= 11 is 3.61. The van der Waals surface area contributed by atoms with Crippen LogP contribution in [0.2, 0.25) is 0 Å². The number of aromatic hydroxyl groups is 1. The summed E-state index contributed by atoms with van der Waals surface area (Å²) in [5.74, 6) is 0.364. The largest absolute Gasteiger partial charge is 0.508 e. The minimum atomic E-state index is 0.327. The lowest BCUT2D eigenvalue weighted by Gasteiger charge is -2.29. The van der Waals surface area contributed by atoms with Gasteiger partial charge in [0.1, 0.15) is 5.75 Å². The van der Waals surface area contributed by atoms with Crippen LogP contribution in [-0.4, -0.2) is 10.4 Å². The van der Waals surface area contributed by atoms with Gasteiger partial charge in [-0.05, 0) is 42.4 Å². The molecule has 0 atom stereocenters. The summed E-state index contributed by atoms with van der Waals surface area (Å²) in [6.07, 6.45) is 3.34. The van der Waals surface area contributed by atoms with E-state index in [1.807, 2.05) is 12.1 Å². The molecule has 0 saturated carbocycles. The van der Waals surface area contributed by atoms with Gasteiger partial charge in [-0.15, -0.1) is 0 Å². The lowest BCUT2D eigenvalue weighted by Crippen LogP contribution is -2.23. The second-order valence-corrected chi connectivity index (χ2v) is 4.75. The average molecular weight is 271 g/mol. The van der Waals surface area contributed by atoms with E-state index in [0.29, 0.717) is 11.2 Å². The molecule has 0 spiro atoms. The average Bonchev–Trinajstić information content (AvgIpc) is 2.26. The SMILES string of the molecule is CCC(CC)(CBr)Cc1cccc(O)c1. The van der Waals surface area contributed by atoms with Gasteiger partial charge in [0, 0.05) is 5.33 Å². The third-order valence-electron chi connectivity index (χ3n) is 3.27. The highest BCUT2D eigenvalue weighted by molar-refractivity contribution is 9.09. The van der Waals surface area contributed by atoms with E-state index in [9.17, 15) is 5.11 Å². The van der Waals surface area contributed by atoms with E-state index < -0.39 is 0 Å². The molecule has 1 rings (SSSR count). The Bertz CT molecular complexity index is 297. The minimum absolute atomic E-state index is 0.327. The molecular weight excluding hydrogens is 252 g/mol. The molecular formula is C13H19BrO. The van der Waals surface area contributed by atoms with E-state index in [1.54, 1.807) is 6.07 Å². The van der Waals surface area contributed by atoms with Gasteiger partial charge in [-0.25, -0.2) is 0 Å². The number of phenols is 1. The molecule has 2 heteroatoms. The third-order valence-corrected chi connectivity index (χ3v) is 4.46. The van der Waals surface area contributed by atoms with Crippen LogP contribution in [0.5, 0.6) is 5.75 Å². The fourth-order valence-corrected chi connectivity index (χ4v) is 2.83. The first kappa shape index (κ1) is 12.6. The number of phenolic OH excluding ortho intramolecular Hbond substituents is 1. The molecule has 0 saturated heterocycles. The van der Waals surface area contributed by atoms with Crippen LogP contribution >= 0.6 is 15.9 Å². The summed E-state index contributed by atoms with van der Waals surface area (Å²) in [6.45, 7) is 4.46. The Balaban J connectivity index is 2.82. The van der Waals surface area contributed by atoms with Crippen molar-refractivity contribution >= 4 is 15.9 Å². The molecule has 15 heavy (non-hydrogen) atoms. The van der Waals surface area contributed by atoms with Crippen LogP contribution in [0, 0.1) is 5.41 Å². The van der Waals surface area contributed by atoms with Gasteiger partial charge in [-0.3, -0.25) is 0 Å². The van der Waals surface area contributed by atoms with E-state index in [4.69, 9.17) is 0 Å². The Labute approximate surface area is 101 Å². The van der Waals surface area contributed by atoms with E-state index in [1.165, 1.54) is 5.56 Å². The van der Waals surface area contributed by atoms with Crippen molar-refractivity contribution in [3.63, 3.8) is 0 Å². The van der Waals surface area contributed by atoms with Gasteiger partial charge in [0.25, 0.3) is 0 Å². The van der Waals surface area contributed by atoms with Crippen LogP contribution < -0.4 is 0 Å². The Morgan fingerprint density at radius 1 is 1.27 bits per heavy atom. The normalized spacial score (nSPS) is 11.7. The predicted molar refractivity (Wildman–Crippen MR) is 68.6 cm³/mol. The van der Waals surface area contributed by atoms with Crippen molar-refractivity contribution in [2.45, 2.75) is 33.1 Å². The molecule has 1 aromatic rings. The van der Waals surface area contributed by atoms with Gasteiger partial charge in [-0.1, -0.05) is 41.9 Å². The van der Waals surface area contributed by atoms with Crippen molar-refractivity contribution < 1.29 is 5.11 Å². The van der Waals surface area contributed by atoms with Gasteiger partial charge in [0.2, 0.25) is 0 Å². The molecule has 0 aliphatic rings. The first-order valence-corrected chi connectivity index (χ1v) is 6.62. The lowest BCUT2D eigenvalue weighted by molar-refractivity contribution is 0.306. The molecule has 0 aliphatic carbocycles. The van der Waals surface area contributed by atoms with Crippen molar-refractivity contribution in [2.24, 2.45) is 5.41 Å². The van der Waals surface area contributed by atoms with Crippen molar-refractivity contribution in [3.05, 3.63) is 29.8 Å². The molecule has 0 fully saturated rings. The summed E-state index contributed by atoms with van der Waals surface area (Å²) in [5.41, 5.74) is 1.55. The van der Waals surface area contributed by atoms with E-state index in [-0.39, 0.29) is 0 Å². The number of hydrogen-bond donors (Lipinski definition) is 1. The molecule has 1 nitrogen and oxygen atoms in total. The van der Waals surface area contributed by atoms with E-state index >= 15 is 0 Å². The highest BCUT2D eigenvalue weighted by Crippen LogP contribution is 2.33. The minimum Gasteiger partial charge on any atom is -0.508 e. The maximum atomic E-state index is 9.42. The van der Waals surface area contributed by atoms with Crippen LogP contribution in [0.3, 0.4) is 0 Å². The van der Waals surface area contributed by atoms with Crippen molar-refractivity contribution in [1.29, 1.82) is 0 Å². The van der Waals surface area contributed by atoms with Gasteiger partial charge in [-0.2, -0.15) is 0 Å². The molecule has 0 aromatic heterocycles. The molecule has 84 valence electrons. The van der Waals surface area contributed by atoms with Crippen LogP contribution in [0.4, 0.5) is 0 Å². The summed E-state index contributed by atoms with van der Waals surface area (Å²) in [7, 11) is 0. The summed E-state index contributed by atoms with van der Waals surface area (Å²) in [6, 6.07) is 7.58. The zero-order chi connectivity index (χ0) is 11.3. The Kier molecular flexibility index (Phi) is 4.65. The van der Waals surface area contributed by atoms with Crippen molar-refractivity contribution in [2.75, 3.05) is 5.33 Å². The monoisotopic (exact) mass is 270 g/mol. The van der Waals surface area contributed by atoms with Crippen molar-refractivity contribution in [1.82, 2.24) is 0 Å². The first-order valence-electron chi connectivity index (χ1n) is 5.49. The molecule has 0 heterocycles. The smallest absolute Gasteiger partial charge is 0.115 e. The highest BCUT2D eigenvalue weighted by Gasteiger charge is 2.24. The second-order valence-electron chi connectivity index (χ2n) is 4.19. The molecule has 1 aromatic carbocycles. The predicted octanol–water partition coefficient (Wildman–Crippen LogP) is 4.14. The number of hydrogen-bond acceptors (Lipinski definition) is 1. The maximum Gasteiger partial charge on any atom is 0.115 e. The quantitative estimate of drug-likeness (QED) is 0.798. The topological polar surface area (TPSA) is 20.2 Å². The summed E-state index contributed by atoms with van der Waals surface area (Å²) < 4.78 is 0. The molecule has 0 radical (unpaired) electrons. The van der Waals surface area contributed by atoms with Gasteiger partial charge in [0.05, 0.1) is 0 Å². The Morgan fingerprint density at radius 3 is 2.40 bits per heavy atom. The number of rotatable bonds is 5. The van der Waals surface area contributed by atoms with Crippen molar-refractivity contribution in [3.8, 4) is 5.75 Å². The van der Waals surface area contributed by atoms with Crippen LogP contribution in [0.25, 0.3) is 0 Å². The van der Waals surface area contributed by atoms with Gasteiger partial charge < -0.3 is 5.11 Å². The molecule has 1 N–H and O–H groups in total. The lowest BCUT2D eigenvalue weighted by atomic mass is 9.79. The Hall–Kier alpha value is -0.500. The highest BCUT2D eigenvalue weighted by atomic mass is 79.9. The standard InChI is InChI=1S/C13H19BrO/c1-3-13(4-2,10-14)9-11-6-5-7-12(15)8-11/h5-8,15H,3-4,9-10H2,1-2H3. The maximum absolute atomic E-state index is 9.42. The second kappa shape index (κ2) is 5.55. The zero-order valence-electron chi connectivity index (χ0n) is 9.46. The van der Waals surface area contributed by atoms with Gasteiger partial charge >= 0.3 is 0 Å². The molecule has 0 amide bonds. The summed E-state index contributed by atoms with van der Waals surface area (Å²) in [5, 5.41) is 10.4. The van der Waals surface area contributed by atoms with Gasteiger partial charge in [0.15, 0.2) is 0 Å². The fourth-order valence-electron chi connectivity index (χ4n) is 1.84. The number of alkyl halides is 1. The third kappa shape index (κ3) is 3.23. The molecule has 0 aliphatic heterocycles. The zero-order valence-corrected chi connectivity index (χ0v) is 11.0.